The summed E-state index contributed by atoms with van der Waals surface area (Å²) in [6.45, 7) is 0.812. The van der Waals surface area contributed by atoms with E-state index in [-0.39, 0.29) is 12.8 Å². The van der Waals surface area contributed by atoms with Gasteiger partial charge in [-0.3, -0.25) is 0 Å². The van der Waals surface area contributed by atoms with Gasteiger partial charge in [0.05, 0.1) is 0 Å². The number of halogens is 3. The van der Waals surface area contributed by atoms with E-state index in [0.717, 1.165) is 10.3 Å². The van der Waals surface area contributed by atoms with Crippen LogP contribution >= 0.6 is 15.9 Å². The zero-order chi connectivity index (χ0) is 10.9. The minimum atomic E-state index is -2.49. The van der Waals surface area contributed by atoms with E-state index >= 15 is 0 Å². The van der Waals surface area contributed by atoms with Crippen LogP contribution in [0.1, 0.15) is 12.8 Å². The zero-order valence-corrected chi connectivity index (χ0v) is 9.67. The van der Waals surface area contributed by atoms with Crippen molar-refractivity contribution in [3.05, 3.63) is 22.9 Å². The molecule has 0 radical (unpaired) electrons. The fraction of sp³-hybridized carbons (Fsp3) is 0.500. The molecule has 2 heterocycles. The van der Waals surface area contributed by atoms with Crippen LogP contribution in [-0.2, 0) is 0 Å². The minimum absolute atomic E-state index is 0.0626. The molecule has 0 atom stereocenters. The van der Waals surface area contributed by atoms with E-state index in [1.807, 2.05) is 17.0 Å². The Labute approximate surface area is 95.4 Å². The summed E-state index contributed by atoms with van der Waals surface area (Å²) in [6.07, 6.45) is 1.55. The van der Waals surface area contributed by atoms with E-state index in [1.54, 1.807) is 6.20 Å². The number of pyridine rings is 1. The average molecular weight is 277 g/mol. The van der Waals surface area contributed by atoms with Crippen LogP contribution in [0.25, 0.3) is 0 Å². The lowest BCUT2D eigenvalue weighted by Gasteiger charge is -2.33. The molecule has 82 valence electrons. The molecule has 0 amide bonds. The van der Waals surface area contributed by atoms with Gasteiger partial charge < -0.3 is 4.90 Å². The fourth-order valence-electron chi connectivity index (χ4n) is 1.68. The molecule has 15 heavy (non-hydrogen) atoms. The van der Waals surface area contributed by atoms with Gasteiger partial charge in [-0.15, -0.1) is 0 Å². The summed E-state index contributed by atoms with van der Waals surface area (Å²) >= 11 is 3.27. The summed E-state index contributed by atoms with van der Waals surface area (Å²) in [5.41, 5.74) is 0.951. The highest BCUT2D eigenvalue weighted by molar-refractivity contribution is 9.10. The Morgan fingerprint density at radius 1 is 1.33 bits per heavy atom. The minimum Gasteiger partial charge on any atom is -0.371 e. The summed E-state index contributed by atoms with van der Waals surface area (Å²) in [7, 11) is 0. The molecule has 2 nitrogen and oxygen atoms in total. The van der Waals surface area contributed by atoms with Crippen LogP contribution in [0.2, 0.25) is 0 Å². The monoisotopic (exact) mass is 276 g/mol. The summed E-state index contributed by atoms with van der Waals surface area (Å²) in [5.74, 6) is -2.49. The highest BCUT2D eigenvalue weighted by Gasteiger charge is 2.33. The molecule has 5 heteroatoms. The number of rotatable bonds is 1. The Morgan fingerprint density at radius 3 is 2.60 bits per heavy atom. The lowest BCUT2D eigenvalue weighted by Crippen LogP contribution is -2.39. The molecular formula is C10H11BrF2N2. The van der Waals surface area contributed by atoms with Crippen molar-refractivity contribution in [3.63, 3.8) is 0 Å². The second-order valence-electron chi connectivity index (χ2n) is 3.68. The van der Waals surface area contributed by atoms with Crippen molar-refractivity contribution in [1.82, 2.24) is 4.98 Å². The highest BCUT2D eigenvalue weighted by atomic mass is 79.9. The van der Waals surface area contributed by atoms with Crippen molar-refractivity contribution < 1.29 is 8.78 Å². The van der Waals surface area contributed by atoms with Crippen molar-refractivity contribution in [3.8, 4) is 0 Å². The maximum Gasteiger partial charge on any atom is 0.251 e. The lowest BCUT2D eigenvalue weighted by atomic mass is 10.1. The van der Waals surface area contributed by atoms with Gasteiger partial charge >= 0.3 is 0 Å². The Morgan fingerprint density at radius 2 is 2.00 bits per heavy atom. The lowest BCUT2D eigenvalue weighted by molar-refractivity contribution is -0.0220. The first-order chi connectivity index (χ1) is 7.07. The zero-order valence-electron chi connectivity index (χ0n) is 8.09. The van der Waals surface area contributed by atoms with Crippen molar-refractivity contribution in [2.45, 2.75) is 18.8 Å². The maximum atomic E-state index is 12.9. The average Bonchev–Trinajstić information content (AvgIpc) is 2.17. The molecule has 1 aromatic heterocycles. The van der Waals surface area contributed by atoms with Crippen LogP contribution in [0.15, 0.2) is 22.9 Å². The Hall–Kier alpha value is -0.710. The van der Waals surface area contributed by atoms with E-state index in [9.17, 15) is 8.78 Å². The van der Waals surface area contributed by atoms with Crippen LogP contribution in [-0.4, -0.2) is 24.0 Å². The third-order valence-electron chi connectivity index (χ3n) is 2.57. The first-order valence-corrected chi connectivity index (χ1v) is 5.60. The molecule has 0 N–H and O–H groups in total. The summed E-state index contributed by atoms with van der Waals surface area (Å²) in [5, 5.41) is 0. The molecule has 0 aliphatic carbocycles. The number of nitrogens with zero attached hydrogens (tertiary/aromatic N) is 2. The second kappa shape index (κ2) is 4.04. The summed E-state index contributed by atoms with van der Waals surface area (Å²) in [6, 6.07) is 3.69. The molecule has 0 bridgehead atoms. The standard InChI is InChI=1S/C10H11BrF2N2/c11-9-7-8(1-4-14-9)15-5-2-10(12,13)3-6-15/h1,4,7H,2-3,5-6H2. The van der Waals surface area contributed by atoms with Crippen LogP contribution in [0, 0.1) is 0 Å². The SMILES string of the molecule is FC1(F)CCN(c2ccnc(Br)c2)CC1. The first kappa shape index (κ1) is 10.8. The third kappa shape index (κ3) is 2.65. The molecule has 0 saturated carbocycles. The van der Waals surface area contributed by atoms with Gasteiger partial charge in [0.2, 0.25) is 0 Å². The van der Waals surface area contributed by atoms with Gasteiger partial charge in [-0.05, 0) is 28.1 Å². The number of hydrogen-bond donors (Lipinski definition) is 0. The van der Waals surface area contributed by atoms with E-state index < -0.39 is 5.92 Å². The number of alkyl halides is 2. The predicted molar refractivity (Wildman–Crippen MR) is 58.3 cm³/mol. The number of hydrogen-bond acceptors (Lipinski definition) is 2. The molecule has 0 aromatic carbocycles. The summed E-state index contributed by atoms with van der Waals surface area (Å²) < 4.78 is 26.6. The molecular weight excluding hydrogens is 266 g/mol. The smallest absolute Gasteiger partial charge is 0.251 e. The van der Waals surface area contributed by atoms with E-state index in [0.29, 0.717) is 13.1 Å². The number of anilines is 1. The van der Waals surface area contributed by atoms with Crippen LogP contribution in [0.3, 0.4) is 0 Å². The number of piperidine rings is 1. The Bertz CT molecular complexity index is 347. The molecule has 1 fully saturated rings. The van der Waals surface area contributed by atoms with Gasteiger partial charge in [-0.25, -0.2) is 13.8 Å². The van der Waals surface area contributed by atoms with Gasteiger partial charge in [0, 0.05) is 37.8 Å². The molecule has 1 aliphatic heterocycles. The van der Waals surface area contributed by atoms with Gasteiger partial charge in [-0.1, -0.05) is 0 Å². The molecule has 1 aliphatic rings. The number of aromatic nitrogens is 1. The third-order valence-corrected chi connectivity index (χ3v) is 3.00. The largest absolute Gasteiger partial charge is 0.371 e. The highest BCUT2D eigenvalue weighted by Crippen LogP contribution is 2.30. The topological polar surface area (TPSA) is 16.1 Å². The molecule has 1 aromatic rings. The second-order valence-corrected chi connectivity index (χ2v) is 4.49. The van der Waals surface area contributed by atoms with Gasteiger partial charge in [0.25, 0.3) is 5.92 Å². The maximum absolute atomic E-state index is 12.9. The first-order valence-electron chi connectivity index (χ1n) is 4.81. The van der Waals surface area contributed by atoms with E-state index in [2.05, 4.69) is 20.9 Å². The normalized spacial score (nSPS) is 20.3. The molecule has 0 unspecified atom stereocenters. The van der Waals surface area contributed by atoms with Gasteiger partial charge in [0.1, 0.15) is 4.60 Å². The summed E-state index contributed by atoms with van der Waals surface area (Å²) in [4.78, 5) is 5.97. The Kier molecular flexibility index (Phi) is 2.91. The van der Waals surface area contributed by atoms with Gasteiger partial charge in [-0.2, -0.15) is 0 Å². The van der Waals surface area contributed by atoms with Crippen molar-refractivity contribution in [2.24, 2.45) is 0 Å². The Balaban J connectivity index is 2.08. The molecule has 1 saturated heterocycles. The van der Waals surface area contributed by atoms with Crippen molar-refractivity contribution >= 4 is 21.6 Å². The fourth-order valence-corrected chi connectivity index (χ4v) is 2.03. The van der Waals surface area contributed by atoms with Crippen molar-refractivity contribution in [1.29, 1.82) is 0 Å². The quantitative estimate of drug-likeness (QED) is 0.733. The molecule has 0 spiro atoms. The van der Waals surface area contributed by atoms with Crippen LogP contribution in [0.4, 0.5) is 14.5 Å². The van der Waals surface area contributed by atoms with Crippen molar-refractivity contribution in [2.75, 3.05) is 18.0 Å². The van der Waals surface area contributed by atoms with Crippen LogP contribution in [0.5, 0.6) is 0 Å². The van der Waals surface area contributed by atoms with E-state index in [1.165, 1.54) is 0 Å². The molecule has 2 rings (SSSR count). The predicted octanol–water partition coefficient (Wildman–Crippen LogP) is 3.08. The van der Waals surface area contributed by atoms with E-state index in [4.69, 9.17) is 0 Å². The van der Waals surface area contributed by atoms with Crippen LogP contribution < -0.4 is 4.90 Å². The van der Waals surface area contributed by atoms with Gasteiger partial charge in [0.15, 0.2) is 0 Å².